The number of hydrogen-bond donors (Lipinski definition) is 0. The van der Waals surface area contributed by atoms with Crippen molar-refractivity contribution < 1.29 is 4.79 Å². The molecule has 4 nitrogen and oxygen atoms in total. The molecule has 0 aliphatic carbocycles. The number of para-hydroxylation sites is 3. The van der Waals surface area contributed by atoms with Crippen LogP contribution in [0, 0.1) is 0 Å². The fourth-order valence-electron chi connectivity index (χ4n) is 4.13. The van der Waals surface area contributed by atoms with Crippen LogP contribution in [0.1, 0.15) is 23.7 Å². The summed E-state index contributed by atoms with van der Waals surface area (Å²) in [5.74, 6) is 1.04. The summed E-state index contributed by atoms with van der Waals surface area (Å²) in [5, 5.41) is 1.24. The van der Waals surface area contributed by atoms with Crippen LogP contribution in [0.3, 0.4) is 0 Å². The summed E-state index contributed by atoms with van der Waals surface area (Å²) in [6, 6.07) is 23.4. The van der Waals surface area contributed by atoms with Crippen LogP contribution >= 0.6 is 23.2 Å². The van der Waals surface area contributed by atoms with Gasteiger partial charge in [-0.1, -0.05) is 59.6 Å². The molecule has 4 aromatic rings. The number of fused-ring (bicyclic) bond motifs is 1. The van der Waals surface area contributed by atoms with Gasteiger partial charge in [0.25, 0.3) is 0 Å². The lowest BCUT2D eigenvalue weighted by atomic mass is 10.1. The molecule has 6 heteroatoms. The molecule has 1 amide bonds. The normalized spacial score (nSPS) is 16.5. The van der Waals surface area contributed by atoms with Gasteiger partial charge in [-0.15, -0.1) is 0 Å². The van der Waals surface area contributed by atoms with E-state index < -0.39 is 0 Å². The summed E-state index contributed by atoms with van der Waals surface area (Å²) in [6.07, 6.45) is 0.437. The highest BCUT2D eigenvalue weighted by Gasteiger charge is 2.34. The van der Waals surface area contributed by atoms with E-state index in [0.29, 0.717) is 29.6 Å². The van der Waals surface area contributed by atoms with Crippen molar-refractivity contribution in [2.45, 2.75) is 18.9 Å². The number of imidazole rings is 1. The smallest absolute Gasteiger partial charge is 0.227 e. The number of aromatic nitrogens is 2. The lowest BCUT2D eigenvalue weighted by molar-refractivity contribution is -0.117. The van der Waals surface area contributed by atoms with Crippen LogP contribution in [0.25, 0.3) is 11.0 Å². The van der Waals surface area contributed by atoms with E-state index in [1.54, 1.807) is 6.07 Å². The quantitative estimate of drug-likeness (QED) is 0.399. The summed E-state index contributed by atoms with van der Waals surface area (Å²) in [6.45, 7) is 1.18. The van der Waals surface area contributed by atoms with Crippen molar-refractivity contribution in [1.82, 2.24) is 9.55 Å². The second-order valence-electron chi connectivity index (χ2n) is 7.52. The van der Waals surface area contributed by atoms with Gasteiger partial charge in [-0.3, -0.25) is 4.79 Å². The van der Waals surface area contributed by atoms with Gasteiger partial charge in [-0.2, -0.15) is 0 Å². The predicted molar refractivity (Wildman–Crippen MR) is 121 cm³/mol. The molecule has 1 atom stereocenters. The third kappa shape index (κ3) is 3.47. The number of halogens is 2. The highest BCUT2D eigenvalue weighted by Crippen LogP contribution is 2.34. The van der Waals surface area contributed by atoms with Crippen molar-refractivity contribution in [3.8, 4) is 0 Å². The highest BCUT2D eigenvalue weighted by atomic mass is 35.5. The van der Waals surface area contributed by atoms with Crippen LogP contribution in [-0.2, 0) is 11.3 Å². The zero-order valence-electron chi connectivity index (χ0n) is 16.1. The largest absolute Gasteiger partial charge is 0.323 e. The molecule has 150 valence electrons. The average Bonchev–Trinajstić information content (AvgIpc) is 3.31. The number of anilines is 1. The zero-order chi connectivity index (χ0) is 20.7. The topological polar surface area (TPSA) is 38.1 Å². The van der Waals surface area contributed by atoms with E-state index in [4.69, 9.17) is 28.2 Å². The molecule has 0 spiro atoms. The van der Waals surface area contributed by atoms with Crippen molar-refractivity contribution in [2.24, 2.45) is 0 Å². The second-order valence-corrected chi connectivity index (χ2v) is 8.37. The lowest BCUT2D eigenvalue weighted by Gasteiger charge is -2.17. The molecule has 0 N–H and O–H groups in total. The summed E-state index contributed by atoms with van der Waals surface area (Å²) >= 11 is 12.5. The lowest BCUT2D eigenvalue weighted by Crippen LogP contribution is -2.24. The first-order chi connectivity index (χ1) is 14.6. The SMILES string of the molecule is O=C1C[C@H](c2nc3ccccc3n2Cc2ccc(Cl)cc2Cl)CN1c1ccccc1. The molecule has 1 fully saturated rings. The number of benzene rings is 3. The maximum atomic E-state index is 12.8. The van der Waals surface area contributed by atoms with Gasteiger partial charge in [-0.05, 0) is 42.0 Å². The van der Waals surface area contributed by atoms with Crippen molar-refractivity contribution in [3.05, 3.63) is 94.2 Å². The Kier molecular flexibility index (Phi) is 4.97. The molecule has 1 aromatic heterocycles. The highest BCUT2D eigenvalue weighted by molar-refractivity contribution is 6.35. The Morgan fingerprint density at radius 3 is 2.53 bits per heavy atom. The zero-order valence-corrected chi connectivity index (χ0v) is 17.6. The van der Waals surface area contributed by atoms with Crippen molar-refractivity contribution in [3.63, 3.8) is 0 Å². The Hall–Kier alpha value is -2.82. The summed E-state index contributed by atoms with van der Waals surface area (Å²) < 4.78 is 2.18. The van der Waals surface area contributed by atoms with Gasteiger partial charge in [0.05, 0.1) is 17.6 Å². The van der Waals surface area contributed by atoms with Gasteiger partial charge in [0.1, 0.15) is 5.82 Å². The van der Waals surface area contributed by atoms with Crippen LogP contribution in [0.4, 0.5) is 5.69 Å². The van der Waals surface area contributed by atoms with Gasteiger partial charge < -0.3 is 9.47 Å². The van der Waals surface area contributed by atoms with E-state index >= 15 is 0 Å². The van der Waals surface area contributed by atoms with Crippen molar-refractivity contribution >= 4 is 45.8 Å². The Morgan fingerprint density at radius 1 is 0.967 bits per heavy atom. The first kappa shape index (κ1) is 19.2. The van der Waals surface area contributed by atoms with E-state index in [0.717, 1.165) is 28.1 Å². The first-order valence-electron chi connectivity index (χ1n) is 9.84. The molecule has 0 unspecified atom stereocenters. The second kappa shape index (κ2) is 7.78. The predicted octanol–water partition coefficient (Wildman–Crippen LogP) is 5.91. The Labute approximate surface area is 184 Å². The van der Waals surface area contributed by atoms with Crippen LogP contribution in [0.2, 0.25) is 10.0 Å². The molecule has 1 aliphatic heterocycles. The van der Waals surface area contributed by atoms with Crippen LogP contribution in [-0.4, -0.2) is 22.0 Å². The molecular formula is C24H19Cl2N3O. The number of amides is 1. The van der Waals surface area contributed by atoms with Crippen LogP contribution in [0.15, 0.2) is 72.8 Å². The maximum Gasteiger partial charge on any atom is 0.227 e. The van der Waals surface area contributed by atoms with Gasteiger partial charge in [0, 0.05) is 34.6 Å². The summed E-state index contributed by atoms with van der Waals surface area (Å²) in [5.41, 5.74) is 3.84. The van der Waals surface area contributed by atoms with E-state index in [1.807, 2.05) is 65.6 Å². The standard InChI is InChI=1S/C24H19Cl2N3O/c25-18-11-10-16(20(26)13-18)14-29-22-9-5-4-8-21(22)27-24(29)17-12-23(30)28(15-17)19-6-2-1-3-7-19/h1-11,13,17H,12,14-15H2/t17-/m0/s1. The van der Waals surface area contributed by atoms with Gasteiger partial charge >= 0.3 is 0 Å². The molecule has 5 rings (SSSR count). The van der Waals surface area contributed by atoms with E-state index in [2.05, 4.69) is 10.6 Å². The van der Waals surface area contributed by atoms with E-state index in [9.17, 15) is 4.79 Å². The van der Waals surface area contributed by atoms with Crippen molar-refractivity contribution in [1.29, 1.82) is 0 Å². The van der Waals surface area contributed by atoms with Crippen LogP contribution in [0.5, 0.6) is 0 Å². The molecule has 30 heavy (non-hydrogen) atoms. The van der Waals surface area contributed by atoms with Gasteiger partial charge in [-0.25, -0.2) is 4.98 Å². The summed E-state index contributed by atoms with van der Waals surface area (Å²) in [7, 11) is 0. The van der Waals surface area contributed by atoms with Gasteiger partial charge in [0.15, 0.2) is 0 Å². The van der Waals surface area contributed by atoms with E-state index in [-0.39, 0.29) is 11.8 Å². The molecule has 1 aliphatic rings. The monoisotopic (exact) mass is 435 g/mol. The fourth-order valence-corrected chi connectivity index (χ4v) is 4.60. The fraction of sp³-hybridized carbons (Fsp3) is 0.167. The molecule has 0 radical (unpaired) electrons. The summed E-state index contributed by atoms with van der Waals surface area (Å²) in [4.78, 5) is 19.6. The maximum absolute atomic E-state index is 12.8. The van der Waals surface area contributed by atoms with Crippen molar-refractivity contribution in [2.75, 3.05) is 11.4 Å². The third-order valence-electron chi connectivity index (χ3n) is 5.59. The Bertz CT molecular complexity index is 1240. The molecular weight excluding hydrogens is 417 g/mol. The minimum absolute atomic E-state index is 0.0104. The molecule has 3 aromatic carbocycles. The number of carbonyl (C=O) groups excluding carboxylic acids is 1. The molecule has 2 heterocycles. The minimum Gasteiger partial charge on any atom is -0.323 e. The molecule has 0 saturated carbocycles. The first-order valence-corrected chi connectivity index (χ1v) is 10.6. The van der Waals surface area contributed by atoms with Gasteiger partial charge in [0.2, 0.25) is 5.91 Å². The Morgan fingerprint density at radius 2 is 1.73 bits per heavy atom. The van der Waals surface area contributed by atoms with E-state index in [1.165, 1.54) is 0 Å². The number of rotatable bonds is 4. The average molecular weight is 436 g/mol. The van der Waals surface area contributed by atoms with Crippen LogP contribution < -0.4 is 4.90 Å². The number of carbonyl (C=O) groups is 1. The molecule has 0 bridgehead atoms. The molecule has 1 saturated heterocycles. The third-order valence-corrected chi connectivity index (χ3v) is 6.17. The number of hydrogen-bond acceptors (Lipinski definition) is 2. The Balaban J connectivity index is 1.55. The number of nitrogens with zero attached hydrogens (tertiary/aromatic N) is 3. The minimum atomic E-state index is 0.0104.